The summed E-state index contributed by atoms with van der Waals surface area (Å²) in [5.74, 6) is -0.00930. The number of nitrogens with zero attached hydrogens (tertiary/aromatic N) is 1. The predicted octanol–water partition coefficient (Wildman–Crippen LogP) is 1.01. The lowest BCUT2D eigenvalue weighted by molar-refractivity contribution is -0.134. The highest BCUT2D eigenvalue weighted by molar-refractivity contribution is 5.81. The molecule has 2 rings (SSSR count). The Morgan fingerprint density at radius 3 is 2.90 bits per heavy atom. The molecule has 5 heteroatoms. The van der Waals surface area contributed by atoms with Gasteiger partial charge < -0.3 is 20.3 Å². The Kier molecular flexibility index (Phi) is 6.50. The number of amides is 1. The molecule has 0 aromatic heterocycles. The molecule has 1 amide bonds. The van der Waals surface area contributed by atoms with E-state index in [1.54, 1.807) is 0 Å². The molecular formula is C16H25N3O2. The minimum atomic E-state index is -0.338. The minimum Gasteiger partial charge on any atom is -0.372 e. The average Bonchev–Trinajstić information content (AvgIpc) is 2.56. The molecule has 5 nitrogen and oxygen atoms in total. The maximum absolute atomic E-state index is 11.9. The van der Waals surface area contributed by atoms with Crippen molar-refractivity contribution in [3.63, 3.8) is 0 Å². The van der Waals surface area contributed by atoms with Gasteiger partial charge >= 0.3 is 0 Å². The number of hydrogen-bond acceptors (Lipinski definition) is 4. The van der Waals surface area contributed by atoms with Crippen LogP contribution in [0.1, 0.15) is 13.3 Å². The van der Waals surface area contributed by atoms with Crippen molar-refractivity contribution in [3.8, 4) is 0 Å². The Bertz CT molecular complexity index is 419. The first-order valence-corrected chi connectivity index (χ1v) is 7.71. The quantitative estimate of drug-likeness (QED) is 0.736. The lowest BCUT2D eigenvalue weighted by Crippen LogP contribution is -2.48. The molecule has 1 aliphatic heterocycles. The van der Waals surface area contributed by atoms with E-state index in [4.69, 9.17) is 4.74 Å². The molecule has 0 radical (unpaired) electrons. The number of para-hydroxylation sites is 1. The van der Waals surface area contributed by atoms with Gasteiger partial charge in [0.05, 0.1) is 6.61 Å². The van der Waals surface area contributed by atoms with E-state index in [0.717, 1.165) is 26.1 Å². The zero-order chi connectivity index (χ0) is 14.9. The van der Waals surface area contributed by atoms with Crippen LogP contribution in [0.3, 0.4) is 0 Å². The third-order valence-electron chi connectivity index (χ3n) is 3.63. The second-order valence-corrected chi connectivity index (χ2v) is 5.12. The van der Waals surface area contributed by atoms with Crippen LogP contribution >= 0.6 is 0 Å². The third kappa shape index (κ3) is 5.02. The molecule has 1 aromatic carbocycles. The first kappa shape index (κ1) is 15.8. The molecular weight excluding hydrogens is 266 g/mol. The maximum atomic E-state index is 11.9. The first-order chi connectivity index (χ1) is 10.3. The number of hydrogen-bond donors (Lipinski definition) is 2. The van der Waals surface area contributed by atoms with Crippen LogP contribution in [0.2, 0.25) is 0 Å². The van der Waals surface area contributed by atoms with Crippen LogP contribution in [-0.2, 0) is 9.53 Å². The molecule has 0 spiro atoms. The molecule has 1 unspecified atom stereocenters. The molecule has 116 valence electrons. The van der Waals surface area contributed by atoms with Gasteiger partial charge in [0.15, 0.2) is 0 Å². The predicted molar refractivity (Wildman–Crippen MR) is 84.6 cm³/mol. The highest BCUT2D eigenvalue weighted by Crippen LogP contribution is 2.12. The lowest BCUT2D eigenvalue weighted by Gasteiger charge is -2.24. The molecule has 21 heavy (non-hydrogen) atoms. The van der Waals surface area contributed by atoms with Gasteiger partial charge in [0.25, 0.3) is 0 Å². The van der Waals surface area contributed by atoms with E-state index >= 15 is 0 Å². The van der Waals surface area contributed by atoms with Crippen LogP contribution in [0.15, 0.2) is 30.3 Å². The summed E-state index contributed by atoms with van der Waals surface area (Å²) in [6.07, 6.45) is 0.587. The van der Waals surface area contributed by atoms with Gasteiger partial charge in [-0.3, -0.25) is 4.79 Å². The summed E-state index contributed by atoms with van der Waals surface area (Å²) in [7, 11) is 0. The van der Waals surface area contributed by atoms with Gasteiger partial charge in [0, 0.05) is 38.4 Å². The third-order valence-corrected chi connectivity index (χ3v) is 3.63. The van der Waals surface area contributed by atoms with E-state index in [-0.39, 0.29) is 12.0 Å². The number of benzene rings is 1. The number of nitrogens with one attached hydrogen (secondary N) is 2. The van der Waals surface area contributed by atoms with Gasteiger partial charge in [-0.05, 0) is 25.5 Å². The van der Waals surface area contributed by atoms with E-state index in [0.29, 0.717) is 19.7 Å². The van der Waals surface area contributed by atoms with Gasteiger partial charge in [-0.25, -0.2) is 0 Å². The van der Waals surface area contributed by atoms with Gasteiger partial charge in [0.1, 0.15) is 6.10 Å². The van der Waals surface area contributed by atoms with E-state index < -0.39 is 0 Å². The van der Waals surface area contributed by atoms with Crippen molar-refractivity contribution < 1.29 is 9.53 Å². The standard InChI is InChI=1S/C16H25N3O2/c1-2-19(14-7-4-3-5-8-14)11-6-9-18-16(20)15-13-17-10-12-21-15/h3-5,7-8,15,17H,2,6,9-13H2,1H3,(H,18,20). The highest BCUT2D eigenvalue weighted by Gasteiger charge is 2.20. The summed E-state index contributed by atoms with van der Waals surface area (Å²) in [6.45, 7) is 6.77. The Balaban J connectivity index is 1.67. The monoisotopic (exact) mass is 291 g/mol. The van der Waals surface area contributed by atoms with Crippen molar-refractivity contribution in [1.29, 1.82) is 0 Å². The Hall–Kier alpha value is -1.59. The van der Waals surface area contributed by atoms with Crippen LogP contribution in [0, 0.1) is 0 Å². The zero-order valence-corrected chi connectivity index (χ0v) is 12.7. The summed E-state index contributed by atoms with van der Waals surface area (Å²) in [5.41, 5.74) is 1.23. The fourth-order valence-electron chi connectivity index (χ4n) is 2.44. The van der Waals surface area contributed by atoms with Crippen LogP contribution in [0.5, 0.6) is 0 Å². The Morgan fingerprint density at radius 1 is 1.43 bits per heavy atom. The second-order valence-electron chi connectivity index (χ2n) is 5.12. The van der Waals surface area contributed by atoms with Crippen molar-refractivity contribution in [2.24, 2.45) is 0 Å². The van der Waals surface area contributed by atoms with Gasteiger partial charge in [-0.1, -0.05) is 18.2 Å². The highest BCUT2D eigenvalue weighted by atomic mass is 16.5. The minimum absolute atomic E-state index is 0.00930. The summed E-state index contributed by atoms with van der Waals surface area (Å²) in [6, 6.07) is 10.4. The number of carbonyl (C=O) groups is 1. The second kappa shape index (κ2) is 8.64. The van der Waals surface area contributed by atoms with Crippen molar-refractivity contribution in [3.05, 3.63) is 30.3 Å². The van der Waals surface area contributed by atoms with Crippen LogP contribution in [0.4, 0.5) is 5.69 Å². The number of ether oxygens (including phenoxy) is 1. The summed E-state index contributed by atoms with van der Waals surface area (Å²) < 4.78 is 5.42. The maximum Gasteiger partial charge on any atom is 0.250 e. The van der Waals surface area contributed by atoms with Crippen molar-refractivity contribution in [2.75, 3.05) is 44.2 Å². The summed E-state index contributed by atoms with van der Waals surface area (Å²) >= 11 is 0. The molecule has 1 heterocycles. The Morgan fingerprint density at radius 2 is 2.24 bits per heavy atom. The molecule has 1 aromatic rings. The molecule has 0 aliphatic carbocycles. The average molecular weight is 291 g/mol. The van der Waals surface area contributed by atoms with Crippen LogP contribution < -0.4 is 15.5 Å². The van der Waals surface area contributed by atoms with Crippen molar-refractivity contribution in [1.82, 2.24) is 10.6 Å². The smallest absolute Gasteiger partial charge is 0.250 e. The van der Waals surface area contributed by atoms with Crippen LogP contribution in [0.25, 0.3) is 0 Å². The number of morpholine rings is 1. The zero-order valence-electron chi connectivity index (χ0n) is 12.7. The molecule has 1 saturated heterocycles. The summed E-state index contributed by atoms with van der Waals surface area (Å²) in [4.78, 5) is 14.2. The van der Waals surface area contributed by atoms with E-state index in [1.807, 2.05) is 18.2 Å². The van der Waals surface area contributed by atoms with Crippen molar-refractivity contribution in [2.45, 2.75) is 19.4 Å². The number of rotatable bonds is 7. The molecule has 0 saturated carbocycles. The molecule has 2 N–H and O–H groups in total. The molecule has 1 fully saturated rings. The van der Waals surface area contributed by atoms with E-state index in [2.05, 4.69) is 34.6 Å². The molecule has 1 atom stereocenters. The first-order valence-electron chi connectivity index (χ1n) is 7.71. The van der Waals surface area contributed by atoms with Crippen LogP contribution in [-0.4, -0.2) is 51.3 Å². The molecule has 1 aliphatic rings. The van der Waals surface area contributed by atoms with E-state index in [1.165, 1.54) is 5.69 Å². The largest absolute Gasteiger partial charge is 0.372 e. The fourth-order valence-corrected chi connectivity index (χ4v) is 2.44. The number of anilines is 1. The normalized spacial score (nSPS) is 18.2. The Labute approximate surface area is 126 Å². The lowest BCUT2D eigenvalue weighted by atomic mass is 10.2. The number of carbonyl (C=O) groups excluding carboxylic acids is 1. The fraction of sp³-hybridized carbons (Fsp3) is 0.562. The molecule has 0 bridgehead atoms. The van der Waals surface area contributed by atoms with Crippen molar-refractivity contribution >= 4 is 11.6 Å². The SMILES string of the molecule is CCN(CCCNC(=O)C1CNCCO1)c1ccccc1. The van der Waals surface area contributed by atoms with Gasteiger partial charge in [-0.15, -0.1) is 0 Å². The van der Waals surface area contributed by atoms with E-state index in [9.17, 15) is 4.79 Å². The van der Waals surface area contributed by atoms with Gasteiger partial charge in [0.2, 0.25) is 5.91 Å². The summed E-state index contributed by atoms with van der Waals surface area (Å²) in [5, 5.41) is 6.11. The topological polar surface area (TPSA) is 53.6 Å². The van der Waals surface area contributed by atoms with Gasteiger partial charge in [-0.2, -0.15) is 0 Å².